The van der Waals surface area contributed by atoms with Crippen LogP contribution in [0, 0.1) is 11.3 Å². The Morgan fingerprint density at radius 3 is 2.27 bits per heavy atom. The third-order valence-electron chi connectivity index (χ3n) is 7.10. The maximum Gasteiger partial charge on any atom is 0.251 e. The molecule has 1 aliphatic rings. The number of sulfonamides is 1. The van der Waals surface area contributed by atoms with Gasteiger partial charge in [0.25, 0.3) is 5.91 Å². The molecule has 4 aromatic rings. The van der Waals surface area contributed by atoms with Gasteiger partial charge in [0.2, 0.25) is 10.0 Å². The summed E-state index contributed by atoms with van der Waals surface area (Å²) in [6, 6.07) is 26.6. The second-order valence-electron chi connectivity index (χ2n) is 9.91. The van der Waals surface area contributed by atoms with Crippen molar-refractivity contribution in [2.45, 2.75) is 42.9 Å². The van der Waals surface area contributed by atoms with Crippen molar-refractivity contribution in [1.29, 1.82) is 5.26 Å². The molecule has 0 atom stereocenters. The van der Waals surface area contributed by atoms with Crippen molar-refractivity contribution in [2.75, 3.05) is 0 Å². The van der Waals surface area contributed by atoms with Gasteiger partial charge in [0, 0.05) is 37.6 Å². The molecule has 3 N–H and O–H groups in total. The molecule has 3 aromatic carbocycles. The van der Waals surface area contributed by atoms with Gasteiger partial charge in [-0.05, 0) is 77.6 Å². The lowest BCUT2D eigenvalue weighted by molar-refractivity contribution is 0.0930. The molecule has 202 valence electrons. The van der Waals surface area contributed by atoms with Crippen LogP contribution in [0.25, 0.3) is 0 Å². The molecule has 1 aliphatic carbocycles. The van der Waals surface area contributed by atoms with Gasteiger partial charge < -0.3 is 11.1 Å². The number of nitrogens with one attached hydrogen (secondary N) is 1. The Bertz CT molecular complexity index is 1640. The van der Waals surface area contributed by atoms with Crippen molar-refractivity contribution in [1.82, 2.24) is 14.6 Å². The number of amides is 1. The second kappa shape index (κ2) is 11.4. The van der Waals surface area contributed by atoms with E-state index in [-0.39, 0.29) is 23.9 Å². The Morgan fingerprint density at radius 1 is 0.950 bits per heavy atom. The zero-order valence-electron chi connectivity index (χ0n) is 21.8. The maximum atomic E-state index is 13.6. The van der Waals surface area contributed by atoms with Crippen LogP contribution in [0.5, 0.6) is 0 Å². The van der Waals surface area contributed by atoms with E-state index in [1.54, 1.807) is 73.1 Å². The van der Waals surface area contributed by atoms with Crippen molar-refractivity contribution < 1.29 is 13.2 Å². The van der Waals surface area contributed by atoms with Gasteiger partial charge in [-0.3, -0.25) is 9.78 Å². The molecular weight excluding hydrogens is 522 g/mol. The van der Waals surface area contributed by atoms with Crippen LogP contribution in [0.3, 0.4) is 0 Å². The molecule has 0 unspecified atom stereocenters. The highest BCUT2D eigenvalue weighted by Gasteiger charge is 2.45. The van der Waals surface area contributed by atoms with Gasteiger partial charge in [-0.1, -0.05) is 42.5 Å². The third-order valence-corrected chi connectivity index (χ3v) is 8.91. The maximum absolute atomic E-state index is 13.6. The molecule has 40 heavy (non-hydrogen) atoms. The molecule has 0 bridgehead atoms. The lowest BCUT2D eigenvalue weighted by Gasteiger charge is -2.23. The van der Waals surface area contributed by atoms with Crippen molar-refractivity contribution in [2.24, 2.45) is 5.73 Å². The summed E-state index contributed by atoms with van der Waals surface area (Å²) in [5.74, 6) is -0.216. The smallest absolute Gasteiger partial charge is 0.251 e. The molecule has 1 fully saturated rings. The molecule has 1 heterocycles. The summed E-state index contributed by atoms with van der Waals surface area (Å²) in [4.78, 5) is 17.4. The topological polar surface area (TPSA) is 129 Å². The van der Waals surface area contributed by atoms with Crippen LogP contribution in [0.4, 0.5) is 0 Å². The minimum Gasteiger partial charge on any atom is -0.343 e. The highest BCUT2D eigenvalue weighted by Crippen LogP contribution is 2.45. The molecule has 0 spiro atoms. The Morgan fingerprint density at radius 2 is 1.65 bits per heavy atom. The van der Waals surface area contributed by atoms with Crippen molar-refractivity contribution in [3.8, 4) is 6.07 Å². The average molecular weight is 552 g/mol. The van der Waals surface area contributed by atoms with Gasteiger partial charge in [0.1, 0.15) is 0 Å². The summed E-state index contributed by atoms with van der Waals surface area (Å²) < 4.78 is 28.7. The van der Waals surface area contributed by atoms with Crippen LogP contribution in [-0.2, 0) is 35.2 Å². The fraction of sp³-hybridized carbons (Fsp3) is 0.194. The number of carbonyl (C=O) groups is 1. The molecule has 1 aromatic heterocycles. The Labute approximate surface area is 234 Å². The first kappa shape index (κ1) is 27.2. The van der Waals surface area contributed by atoms with Crippen molar-refractivity contribution >= 4 is 15.9 Å². The zero-order valence-corrected chi connectivity index (χ0v) is 22.6. The molecule has 0 aliphatic heterocycles. The number of aromatic nitrogens is 1. The minimum atomic E-state index is -3.84. The van der Waals surface area contributed by atoms with Crippen LogP contribution < -0.4 is 11.1 Å². The molecule has 5 rings (SSSR count). The molecule has 0 saturated heterocycles. The number of carbonyl (C=O) groups excluding carboxylic acids is 1. The Kier molecular flexibility index (Phi) is 7.76. The SMILES string of the molecule is N#Cc1cccc(C2(NC(=O)c3ccc(CN(Cc4cccnc4)S(=O)(=O)c4ccc(CN)cc4)cc3)CC2)c1. The van der Waals surface area contributed by atoms with E-state index in [2.05, 4.69) is 16.4 Å². The van der Waals surface area contributed by atoms with E-state index < -0.39 is 15.6 Å². The van der Waals surface area contributed by atoms with E-state index in [4.69, 9.17) is 5.73 Å². The molecule has 8 nitrogen and oxygen atoms in total. The highest BCUT2D eigenvalue weighted by atomic mass is 32.2. The van der Waals surface area contributed by atoms with E-state index in [1.165, 1.54) is 4.31 Å². The molecule has 1 saturated carbocycles. The summed E-state index contributed by atoms with van der Waals surface area (Å²) in [5, 5.41) is 12.4. The highest BCUT2D eigenvalue weighted by molar-refractivity contribution is 7.89. The minimum absolute atomic E-state index is 0.114. The summed E-state index contributed by atoms with van der Waals surface area (Å²) >= 11 is 0. The first-order chi connectivity index (χ1) is 19.3. The van der Waals surface area contributed by atoms with Crippen molar-refractivity contribution in [3.05, 3.63) is 131 Å². The zero-order chi connectivity index (χ0) is 28.2. The standard InChI is InChI=1S/C31H29N5O3S/c32-18-23-8-12-29(13-9-23)40(38,39)36(22-26-4-2-16-34-20-26)21-24-6-10-27(11-7-24)30(37)35-31(14-15-31)28-5-1-3-25(17-28)19-33/h1-13,16-17,20H,14-15,18,21-22,32H2,(H,35,37). The fourth-order valence-corrected chi connectivity index (χ4v) is 6.04. The number of nitrogens with zero attached hydrogens (tertiary/aromatic N) is 3. The predicted octanol–water partition coefficient (Wildman–Crippen LogP) is 4.22. The quantitative estimate of drug-likeness (QED) is 0.304. The normalized spacial score (nSPS) is 13.9. The van der Waals surface area contributed by atoms with Gasteiger partial charge in [-0.25, -0.2) is 8.42 Å². The van der Waals surface area contributed by atoms with Gasteiger partial charge in [-0.15, -0.1) is 0 Å². The number of benzene rings is 3. The third kappa shape index (κ3) is 5.95. The Hall–Kier alpha value is -4.36. The number of nitriles is 1. The van der Waals surface area contributed by atoms with Crippen LogP contribution in [-0.4, -0.2) is 23.6 Å². The van der Waals surface area contributed by atoms with Gasteiger partial charge >= 0.3 is 0 Å². The van der Waals surface area contributed by atoms with Crippen LogP contribution >= 0.6 is 0 Å². The summed E-state index contributed by atoms with van der Waals surface area (Å²) in [6.45, 7) is 0.580. The summed E-state index contributed by atoms with van der Waals surface area (Å²) in [7, 11) is -3.84. The lowest BCUT2D eigenvalue weighted by Crippen LogP contribution is -2.35. The van der Waals surface area contributed by atoms with E-state index >= 15 is 0 Å². The number of rotatable bonds is 10. The first-order valence-electron chi connectivity index (χ1n) is 12.9. The number of nitrogens with two attached hydrogens (primary N) is 1. The predicted molar refractivity (Wildman–Crippen MR) is 151 cm³/mol. The van der Waals surface area contributed by atoms with Gasteiger partial charge in [0.15, 0.2) is 0 Å². The molecule has 0 radical (unpaired) electrons. The van der Waals surface area contributed by atoms with Gasteiger partial charge in [0.05, 0.1) is 22.1 Å². The average Bonchev–Trinajstić information content (AvgIpc) is 3.78. The van der Waals surface area contributed by atoms with Crippen LogP contribution in [0.2, 0.25) is 0 Å². The number of hydrogen-bond donors (Lipinski definition) is 2. The van der Waals surface area contributed by atoms with Gasteiger partial charge in [-0.2, -0.15) is 9.57 Å². The largest absolute Gasteiger partial charge is 0.343 e. The van der Waals surface area contributed by atoms with Crippen LogP contribution in [0.1, 0.15) is 51.0 Å². The molecular formula is C31H29N5O3S. The summed E-state index contributed by atoms with van der Waals surface area (Å²) in [6.07, 6.45) is 4.90. The van der Waals surface area contributed by atoms with Crippen molar-refractivity contribution in [3.63, 3.8) is 0 Å². The molecule has 1 amide bonds. The number of pyridine rings is 1. The Balaban J connectivity index is 1.34. The van der Waals surface area contributed by atoms with E-state index in [1.807, 2.05) is 24.3 Å². The summed E-state index contributed by atoms with van der Waals surface area (Å²) in [5.41, 5.74) is 9.52. The lowest BCUT2D eigenvalue weighted by atomic mass is 10.0. The monoisotopic (exact) mass is 551 g/mol. The van der Waals surface area contributed by atoms with E-state index in [9.17, 15) is 18.5 Å². The fourth-order valence-electron chi connectivity index (χ4n) is 4.62. The molecule has 9 heteroatoms. The van der Waals surface area contributed by atoms with Crippen LogP contribution in [0.15, 0.2) is 102 Å². The number of hydrogen-bond acceptors (Lipinski definition) is 6. The second-order valence-corrected chi connectivity index (χ2v) is 11.8. The first-order valence-corrected chi connectivity index (χ1v) is 14.4. The van der Waals surface area contributed by atoms with E-state index in [0.717, 1.165) is 35.1 Å². The van der Waals surface area contributed by atoms with E-state index in [0.29, 0.717) is 17.7 Å².